The fourth-order valence-electron chi connectivity index (χ4n) is 4.11. The third-order valence-corrected chi connectivity index (χ3v) is 9.14. The van der Waals surface area contributed by atoms with E-state index in [0.717, 1.165) is 46.7 Å². The number of hydrogen-bond acceptors (Lipinski definition) is 9. The minimum absolute atomic E-state index is 0.0258. The molecule has 2 amide bonds. The summed E-state index contributed by atoms with van der Waals surface area (Å²) in [6, 6.07) is 10.2. The van der Waals surface area contributed by atoms with Gasteiger partial charge in [0.2, 0.25) is 22.6 Å². The van der Waals surface area contributed by atoms with Crippen LogP contribution < -0.4 is 10.6 Å². The van der Waals surface area contributed by atoms with E-state index in [1.54, 1.807) is 11.8 Å². The lowest BCUT2D eigenvalue weighted by molar-refractivity contribution is -0.117. The molecule has 2 aliphatic rings. The van der Waals surface area contributed by atoms with Crippen LogP contribution in [-0.4, -0.2) is 44.2 Å². The van der Waals surface area contributed by atoms with E-state index < -0.39 is 0 Å². The van der Waals surface area contributed by atoms with Crippen molar-refractivity contribution < 1.29 is 9.59 Å². The lowest BCUT2D eigenvalue weighted by Crippen LogP contribution is -2.14. The van der Waals surface area contributed by atoms with Gasteiger partial charge in [0.05, 0.1) is 0 Å². The predicted octanol–water partition coefficient (Wildman–Crippen LogP) is 6.30. The van der Waals surface area contributed by atoms with Crippen LogP contribution in [0.15, 0.2) is 66.8 Å². The number of amides is 2. The zero-order chi connectivity index (χ0) is 28.2. The number of hydrogen-bond donors (Lipinski definition) is 2. The summed E-state index contributed by atoms with van der Waals surface area (Å²) in [4.78, 5) is 22.8. The van der Waals surface area contributed by atoms with E-state index >= 15 is 0 Å². The molecule has 11 heteroatoms. The number of carbonyl (C=O) groups is 2. The molecule has 2 aliphatic carbocycles. The van der Waals surface area contributed by atoms with E-state index in [-0.39, 0.29) is 11.8 Å². The molecule has 40 heavy (non-hydrogen) atoms. The minimum atomic E-state index is 0.0258. The summed E-state index contributed by atoms with van der Waals surface area (Å²) >= 11 is 4.63. The maximum Gasteiger partial charge on any atom is 0.229 e. The second-order valence-corrected chi connectivity index (χ2v) is 12.8. The van der Waals surface area contributed by atoms with Gasteiger partial charge in [0.1, 0.15) is 10.0 Å². The first-order valence-electron chi connectivity index (χ1n) is 13.3. The zero-order valence-corrected chi connectivity index (χ0v) is 24.9. The highest BCUT2D eigenvalue weighted by Crippen LogP contribution is 2.48. The van der Waals surface area contributed by atoms with Crippen LogP contribution in [0.5, 0.6) is 0 Å². The second-order valence-electron chi connectivity index (χ2n) is 9.40. The molecule has 2 atom stereocenters. The van der Waals surface area contributed by atoms with Crippen LogP contribution in [0.4, 0.5) is 10.3 Å². The normalized spacial score (nSPS) is 18.1. The molecule has 2 N–H and O–H groups in total. The minimum Gasteiger partial charge on any atom is -0.303 e. The van der Waals surface area contributed by atoms with E-state index in [1.165, 1.54) is 46.7 Å². The molecular formula is C29H34N6O2S3. The fourth-order valence-corrected chi connectivity index (χ4v) is 6.69. The van der Waals surface area contributed by atoms with E-state index in [9.17, 15) is 9.59 Å². The van der Waals surface area contributed by atoms with Crippen LogP contribution in [0, 0.1) is 11.8 Å². The average molecular weight is 595 g/mol. The van der Waals surface area contributed by atoms with Crippen molar-refractivity contribution in [2.75, 3.05) is 22.1 Å². The average Bonchev–Trinajstić information content (AvgIpc) is 3.88. The Morgan fingerprint density at radius 1 is 1.05 bits per heavy atom. The molecule has 2 heterocycles. The van der Waals surface area contributed by atoms with Crippen molar-refractivity contribution in [3.05, 3.63) is 82.4 Å². The van der Waals surface area contributed by atoms with E-state index in [2.05, 4.69) is 74.9 Å². The number of aryl methyl sites for hydroxylation is 2. The molecule has 5 rings (SSSR count). The fraction of sp³-hybridized carbons (Fsp3) is 0.379. The van der Waals surface area contributed by atoms with E-state index in [0.29, 0.717) is 22.6 Å². The first-order valence-corrected chi connectivity index (χ1v) is 16.1. The number of nitrogens with zero attached hydrogens (tertiary/aromatic N) is 4. The molecule has 3 aromatic rings. The van der Waals surface area contributed by atoms with Gasteiger partial charge in [0.15, 0.2) is 0 Å². The molecule has 8 nitrogen and oxygen atoms in total. The van der Waals surface area contributed by atoms with Gasteiger partial charge in [-0.05, 0) is 60.7 Å². The summed E-state index contributed by atoms with van der Waals surface area (Å²) in [7, 11) is 0. The molecule has 0 radical (unpaired) electrons. The number of anilines is 2. The number of carbonyl (C=O) groups excluding carboxylic acids is 2. The van der Waals surface area contributed by atoms with Crippen molar-refractivity contribution in [3.63, 3.8) is 0 Å². The quantitative estimate of drug-likeness (QED) is 0.128. The SMILES string of the molecule is C=C/C=C(\C=C/C)C1CC1.O=CNc1nnc(CCSCCc2nnc(NC(=O)C3C[C@@H]3c3ccccc3)s2)s1. The maximum absolute atomic E-state index is 12.4. The Kier molecular flexibility index (Phi) is 11.6. The molecule has 0 spiro atoms. The molecule has 1 unspecified atom stereocenters. The van der Waals surface area contributed by atoms with Gasteiger partial charge in [-0.1, -0.05) is 83.9 Å². The summed E-state index contributed by atoms with van der Waals surface area (Å²) in [5, 5.41) is 24.5. The van der Waals surface area contributed by atoms with Crippen LogP contribution in [0.1, 0.15) is 47.7 Å². The predicted molar refractivity (Wildman–Crippen MR) is 166 cm³/mol. The summed E-state index contributed by atoms with van der Waals surface area (Å²) in [5.41, 5.74) is 2.66. The highest BCUT2D eigenvalue weighted by atomic mass is 32.2. The van der Waals surface area contributed by atoms with Crippen LogP contribution in [0.25, 0.3) is 0 Å². The number of aromatic nitrogens is 4. The van der Waals surface area contributed by atoms with Crippen LogP contribution >= 0.6 is 34.4 Å². The van der Waals surface area contributed by atoms with Crippen molar-refractivity contribution in [1.29, 1.82) is 0 Å². The second kappa shape index (κ2) is 15.6. The third-order valence-electron chi connectivity index (χ3n) is 6.34. The van der Waals surface area contributed by atoms with Gasteiger partial charge in [-0.15, -0.1) is 20.4 Å². The summed E-state index contributed by atoms with van der Waals surface area (Å²) < 4.78 is 0. The Balaban J connectivity index is 0.000000312. The summed E-state index contributed by atoms with van der Waals surface area (Å²) in [5.74, 6) is 3.04. The zero-order valence-electron chi connectivity index (χ0n) is 22.5. The molecule has 2 aromatic heterocycles. The number of thioether (sulfide) groups is 1. The highest BCUT2D eigenvalue weighted by molar-refractivity contribution is 7.99. The lowest BCUT2D eigenvalue weighted by Gasteiger charge is -2.01. The third kappa shape index (κ3) is 9.50. The van der Waals surface area contributed by atoms with Crippen LogP contribution in [0.2, 0.25) is 0 Å². The smallest absolute Gasteiger partial charge is 0.229 e. The Labute approximate surface area is 247 Å². The molecule has 0 saturated heterocycles. The van der Waals surface area contributed by atoms with Crippen molar-refractivity contribution >= 4 is 57.0 Å². The largest absolute Gasteiger partial charge is 0.303 e. The number of rotatable bonds is 14. The van der Waals surface area contributed by atoms with Crippen LogP contribution in [-0.2, 0) is 22.4 Å². The van der Waals surface area contributed by atoms with Gasteiger partial charge in [-0.25, -0.2) is 0 Å². The first-order chi connectivity index (χ1) is 19.6. The molecule has 2 saturated carbocycles. The van der Waals surface area contributed by atoms with Crippen molar-refractivity contribution in [1.82, 2.24) is 20.4 Å². The van der Waals surface area contributed by atoms with E-state index in [1.807, 2.05) is 24.3 Å². The Morgan fingerprint density at radius 3 is 2.35 bits per heavy atom. The van der Waals surface area contributed by atoms with Gasteiger partial charge in [-0.2, -0.15) is 11.8 Å². The van der Waals surface area contributed by atoms with Crippen molar-refractivity contribution in [2.45, 2.75) is 44.9 Å². The Hall–Kier alpha value is -3.15. The molecule has 0 bridgehead atoms. The molecular weight excluding hydrogens is 561 g/mol. The number of nitrogens with one attached hydrogen (secondary N) is 2. The molecule has 210 valence electrons. The first kappa shape index (κ1) is 29.8. The van der Waals surface area contributed by atoms with Crippen molar-refractivity contribution in [2.24, 2.45) is 11.8 Å². The Bertz CT molecular complexity index is 1320. The van der Waals surface area contributed by atoms with Gasteiger partial charge in [-0.3, -0.25) is 9.59 Å². The number of allylic oxidation sites excluding steroid dienone is 5. The van der Waals surface area contributed by atoms with E-state index in [4.69, 9.17) is 0 Å². The highest BCUT2D eigenvalue weighted by Gasteiger charge is 2.44. The van der Waals surface area contributed by atoms with Crippen LogP contribution in [0.3, 0.4) is 0 Å². The molecule has 0 aliphatic heterocycles. The number of benzene rings is 1. The standard InChI is InChI=1S/C19H20N6O2S3.C10H14/c26-11-20-18-24-22-15(29-18)6-8-28-9-7-16-23-25-19(30-16)21-17(27)14-10-13(14)12-4-2-1-3-5-12;1-3-5-9(6-4-2)10-7-8-10/h1-5,11,13-14H,6-10H2,(H,20,24,26)(H,21,25,27);3-6,10H,1,7-8H2,2H3/b;6-4-,9-5+/t13-,14?;/m1./s1. The van der Waals surface area contributed by atoms with Gasteiger partial charge >= 0.3 is 0 Å². The lowest BCUT2D eigenvalue weighted by atomic mass is 10.1. The van der Waals surface area contributed by atoms with Gasteiger partial charge < -0.3 is 10.6 Å². The maximum atomic E-state index is 12.4. The summed E-state index contributed by atoms with van der Waals surface area (Å²) in [6.07, 6.45) is 14.1. The topological polar surface area (TPSA) is 110 Å². The van der Waals surface area contributed by atoms with Gasteiger partial charge in [0.25, 0.3) is 0 Å². The van der Waals surface area contributed by atoms with Crippen molar-refractivity contribution in [3.8, 4) is 0 Å². The monoisotopic (exact) mass is 594 g/mol. The molecule has 2 fully saturated rings. The van der Waals surface area contributed by atoms with Gasteiger partial charge in [0, 0.05) is 18.8 Å². The molecule has 1 aromatic carbocycles. The summed E-state index contributed by atoms with van der Waals surface area (Å²) in [6.45, 7) is 5.74. The Morgan fingerprint density at radius 2 is 1.73 bits per heavy atom.